The van der Waals surface area contributed by atoms with Gasteiger partial charge in [0.2, 0.25) is 0 Å². The van der Waals surface area contributed by atoms with Crippen LogP contribution in [0.1, 0.15) is 16.8 Å². The number of rotatable bonds is 3. The number of aliphatic hydroxyl groups is 1. The van der Waals surface area contributed by atoms with Crippen molar-refractivity contribution >= 4 is 29.3 Å². The molecule has 1 aliphatic rings. The number of carbonyl (C=O) groups excluding carboxylic acids is 1. The van der Waals surface area contributed by atoms with Crippen LogP contribution in [0.15, 0.2) is 18.3 Å². The number of thioether (sulfide) groups is 1. The Morgan fingerprint density at radius 2 is 2.47 bits per heavy atom. The number of hydrogen-bond donors (Lipinski definition) is 2. The van der Waals surface area contributed by atoms with Gasteiger partial charge in [-0.1, -0.05) is 11.6 Å². The highest BCUT2D eigenvalue weighted by atomic mass is 35.5. The zero-order valence-corrected chi connectivity index (χ0v) is 10.7. The van der Waals surface area contributed by atoms with Gasteiger partial charge in [0.25, 0.3) is 5.91 Å². The van der Waals surface area contributed by atoms with Crippen molar-refractivity contribution in [2.45, 2.75) is 12.0 Å². The van der Waals surface area contributed by atoms with Crippen molar-refractivity contribution in [1.29, 1.82) is 0 Å². The molecule has 1 fully saturated rings. The summed E-state index contributed by atoms with van der Waals surface area (Å²) in [5, 5.41) is 13.1. The van der Waals surface area contributed by atoms with E-state index in [1.54, 1.807) is 23.9 Å². The first kappa shape index (κ1) is 12.7. The lowest BCUT2D eigenvalue weighted by Gasteiger charge is -2.21. The third-order valence-corrected chi connectivity index (χ3v) is 4.11. The summed E-state index contributed by atoms with van der Waals surface area (Å²) in [7, 11) is 0. The van der Waals surface area contributed by atoms with Crippen LogP contribution >= 0.6 is 23.4 Å². The van der Waals surface area contributed by atoms with Crippen molar-refractivity contribution in [2.75, 3.05) is 18.1 Å². The Balaban J connectivity index is 1.91. The average molecular weight is 273 g/mol. The highest BCUT2D eigenvalue weighted by Gasteiger charge is 2.31. The zero-order chi connectivity index (χ0) is 12.3. The maximum Gasteiger partial charge on any atom is 0.252 e. The summed E-state index contributed by atoms with van der Waals surface area (Å²) in [6.07, 6.45) is 2.14. The van der Waals surface area contributed by atoms with E-state index in [2.05, 4.69) is 10.3 Å². The Bertz CT molecular complexity index is 404. The number of amides is 1. The van der Waals surface area contributed by atoms with Crippen LogP contribution in [0.5, 0.6) is 0 Å². The average Bonchev–Trinajstić information content (AvgIpc) is 2.75. The monoisotopic (exact) mass is 272 g/mol. The summed E-state index contributed by atoms with van der Waals surface area (Å²) in [5.41, 5.74) is -0.316. The lowest BCUT2D eigenvalue weighted by Crippen LogP contribution is -2.42. The van der Waals surface area contributed by atoms with Gasteiger partial charge in [0.05, 0.1) is 11.2 Å². The molecular weight excluding hydrogens is 260 g/mol. The molecule has 1 aromatic rings. The van der Waals surface area contributed by atoms with E-state index in [9.17, 15) is 9.90 Å². The van der Waals surface area contributed by atoms with Crippen LogP contribution < -0.4 is 5.32 Å². The number of halogens is 1. The van der Waals surface area contributed by atoms with Gasteiger partial charge in [0, 0.05) is 18.5 Å². The van der Waals surface area contributed by atoms with E-state index in [-0.39, 0.29) is 12.5 Å². The van der Waals surface area contributed by atoms with E-state index in [1.807, 2.05) is 0 Å². The first-order chi connectivity index (χ1) is 8.09. The smallest absolute Gasteiger partial charge is 0.252 e. The highest BCUT2D eigenvalue weighted by Crippen LogP contribution is 2.26. The maximum absolute atomic E-state index is 11.7. The van der Waals surface area contributed by atoms with Gasteiger partial charge in [0.15, 0.2) is 0 Å². The minimum Gasteiger partial charge on any atom is -0.387 e. The fourth-order valence-corrected chi connectivity index (χ4v) is 3.00. The van der Waals surface area contributed by atoms with Crippen molar-refractivity contribution in [2.24, 2.45) is 0 Å². The molecule has 1 atom stereocenters. The molecule has 0 spiro atoms. The molecule has 0 saturated carbocycles. The molecule has 4 nitrogen and oxygen atoms in total. The van der Waals surface area contributed by atoms with E-state index in [1.165, 1.54) is 6.20 Å². The van der Waals surface area contributed by atoms with E-state index in [0.29, 0.717) is 16.5 Å². The number of hydrogen-bond acceptors (Lipinski definition) is 4. The van der Waals surface area contributed by atoms with E-state index in [0.717, 1.165) is 12.2 Å². The molecule has 1 aliphatic heterocycles. The normalized spacial score (nSPS) is 23.6. The topological polar surface area (TPSA) is 62.2 Å². The van der Waals surface area contributed by atoms with Gasteiger partial charge < -0.3 is 10.4 Å². The van der Waals surface area contributed by atoms with Gasteiger partial charge in [-0.25, -0.2) is 4.98 Å². The van der Waals surface area contributed by atoms with Crippen LogP contribution in [0, 0.1) is 0 Å². The molecular formula is C11H13ClN2O2S. The van der Waals surface area contributed by atoms with Crippen molar-refractivity contribution in [3.8, 4) is 0 Å². The molecule has 1 saturated heterocycles. The van der Waals surface area contributed by atoms with Crippen molar-refractivity contribution in [3.63, 3.8) is 0 Å². The molecule has 0 bridgehead atoms. The molecule has 1 aromatic heterocycles. The Kier molecular flexibility index (Phi) is 3.91. The summed E-state index contributed by atoms with van der Waals surface area (Å²) in [4.78, 5) is 15.6. The molecule has 2 N–H and O–H groups in total. The third kappa shape index (κ3) is 3.34. The first-order valence-electron chi connectivity index (χ1n) is 5.29. The fourth-order valence-electron chi connectivity index (χ4n) is 1.59. The lowest BCUT2D eigenvalue weighted by molar-refractivity contribution is 0.0612. The van der Waals surface area contributed by atoms with Crippen LogP contribution in [0.25, 0.3) is 0 Å². The van der Waals surface area contributed by atoms with Crippen LogP contribution in [-0.4, -0.2) is 39.6 Å². The second-order valence-electron chi connectivity index (χ2n) is 4.08. The number of aromatic nitrogens is 1. The number of nitrogens with one attached hydrogen (secondary N) is 1. The van der Waals surface area contributed by atoms with Gasteiger partial charge in [-0.05, 0) is 24.3 Å². The lowest BCUT2D eigenvalue weighted by atomic mass is 10.0. The van der Waals surface area contributed by atoms with Gasteiger partial charge in [0.1, 0.15) is 5.15 Å². The maximum atomic E-state index is 11.7. The second kappa shape index (κ2) is 5.25. The summed E-state index contributed by atoms with van der Waals surface area (Å²) in [6.45, 7) is 0.279. The van der Waals surface area contributed by atoms with Crippen LogP contribution in [0.3, 0.4) is 0 Å². The van der Waals surface area contributed by atoms with Crippen LogP contribution in [0.2, 0.25) is 5.15 Å². The Hall–Kier alpha value is -0.780. The standard InChI is InChI=1S/C11H13ClN2O2S/c12-9-2-1-8(5-13-9)10(15)14-6-11(16)3-4-17-7-11/h1-2,5,16H,3-4,6-7H2,(H,14,15)/t11-/m1/s1. The molecule has 92 valence electrons. The molecule has 6 heteroatoms. The minimum atomic E-state index is -0.764. The van der Waals surface area contributed by atoms with Gasteiger partial charge >= 0.3 is 0 Å². The van der Waals surface area contributed by atoms with Gasteiger partial charge in [-0.3, -0.25) is 4.79 Å². The predicted octanol–water partition coefficient (Wildman–Crippen LogP) is 1.33. The third-order valence-electron chi connectivity index (χ3n) is 2.65. The van der Waals surface area contributed by atoms with Crippen molar-refractivity contribution < 1.29 is 9.90 Å². The molecule has 0 radical (unpaired) electrons. The number of nitrogens with zero attached hydrogens (tertiary/aromatic N) is 1. The molecule has 2 heterocycles. The molecule has 0 unspecified atom stereocenters. The molecule has 17 heavy (non-hydrogen) atoms. The predicted molar refractivity (Wildman–Crippen MR) is 68.5 cm³/mol. The second-order valence-corrected chi connectivity index (χ2v) is 5.57. The summed E-state index contributed by atoms with van der Waals surface area (Å²) in [6, 6.07) is 3.18. The summed E-state index contributed by atoms with van der Waals surface area (Å²) in [5.74, 6) is 1.38. The van der Waals surface area contributed by atoms with Gasteiger partial charge in [-0.15, -0.1) is 0 Å². The Morgan fingerprint density at radius 3 is 3.06 bits per heavy atom. The summed E-state index contributed by atoms with van der Waals surface area (Å²) < 4.78 is 0. The number of carbonyl (C=O) groups is 1. The zero-order valence-electron chi connectivity index (χ0n) is 9.15. The quantitative estimate of drug-likeness (QED) is 0.815. The van der Waals surface area contributed by atoms with Crippen molar-refractivity contribution in [1.82, 2.24) is 10.3 Å². The Labute approximate surface area is 109 Å². The molecule has 2 rings (SSSR count). The van der Waals surface area contributed by atoms with Crippen LogP contribution in [-0.2, 0) is 0 Å². The van der Waals surface area contributed by atoms with Crippen LogP contribution in [0.4, 0.5) is 0 Å². The SMILES string of the molecule is O=C(NC[C@]1(O)CCSC1)c1ccc(Cl)nc1. The fraction of sp³-hybridized carbons (Fsp3) is 0.455. The summed E-state index contributed by atoms with van der Waals surface area (Å²) >= 11 is 7.33. The largest absolute Gasteiger partial charge is 0.387 e. The first-order valence-corrected chi connectivity index (χ1v) is 6.82. The minimum absolute atomic E-state index is 0.237. The van der Waals surface area contributed by atoms with Crippen molar-refractivity contribution in [3.05, 3.63) is 29.0 Å². The number of pyridine rings is 1. The van der Waals surface area contributed by atoms with E-state index < -0.39 is 5.60 Å². The molecule has 0 aliphatic carbocycles. The van der Waals surface area contributed by atoms with E-state index in [4.69, 9.17) is 11.6 Å². The molecule has 1 amide bonds. The van der Waals surface area contributed by atoms with Gasteiger partial charge in [-0.2, -0.15) is 11.8 Å². The molecule has 0 aromatic carbocycles. The highest BCUT2D eigenvalue weighted by molar-refractivity contribution is 7.99. The van der Waals surface area contributed by atoms with E-state index >= 15 is 0 Å². The Morgan fingerprint density at radius 1 is 1.65 bits per heavy atom.